The van der Waals surface area contributed by atoms with E-state index in [0.29, 0.717) is 24.0 Å². The van der Waals surface area contributed by atoms with Crippen LogP contribution in [0.15, 0.2) is 18.2 Å². The van der Waals surface area contributed by atoms with Gasteiger partial charge < -0.3 is 9.80 Å². The van der Waals surface area contributed by atoms with Crippen molar-refractivity contribution < 1.29 is 9.59 Å². The van der Waals surface area contributed by atoms with Crippen molar-refractivity contribution in [1.82, 2.24) is 25.2 Å². The first-order valence-corrected chi connectivity index (χ1v) is 7.95. The van der Waals surface area contributed by atoms with Crippen LogP contribution in [0.4, 0.5) is 0 Å². The largest absolute Gasteiger partial charge is 0.341 e. The van der Waals surface area contributed by atoms with Gasteiger partial charge >= 0.3 is 0 Å². The zero-order valence-corrected chi connectivity index (χ0v) is 13.5. The monoisotopic (exact) mass is 315 g/mol. The molecule has 0 aliphatic carbocycles. The van der Waals surface area contributed by atoms with Crippen LogP contribution in [0.2, 0.25) is 0 Å². The molecule has 2 amide bonds. The Balaban J connectivity index is 1.74. The van der Waals surface area contributed by atoms with Gasteiger partial charge in [-0.3, -0.25) is 9.59 Å². The summed E-state index contributed by atoms with van der Waals surface area (Å²) in [5, 5.41) is 10.6. The molecule has 122 valence electrons. The minimum atomic E-state index is -0.0503. The van der Waals surface area contributed by atoms with Gasteiger partial charge in [-0.25, -0.2) is 0 Å². The van der Waals surface area contributed by atoms with Gasteiger partial charge in [0, 0.05) is 38.2 Å². The van der Waals surface area contributed by atoms with Gasteiger partial charge in [0.05, 0.1) is 0 Å². The first kappa shape index (κ1) is 15.5. The molecule has 1 saturated heterocycles. The second-order valence-electron chi connectivity index (χ2n) is 5.93. The number of fused-ring (bicyclic) bond motifs is 1. The van der Waals surface area contributed by atoms with E-state index in [9.17, 15) is 9.59 Å². The van der Waals surface area contributed by atoms with Crippen LogP contribution in [-0.4, -0.2) is 63.2 Å². The number of nitrogens with zero attached hydrogens (tertiary/aromatic N) is 4. The summed E-state index contributed by atoms with van der Waals surface area (Å²) in [5.41, 5.74) is 2.00. The molecule has 2 aromatic rings. The van der Waals surface area contributed by atoms with Gasteiger partial charge in [0.2, 0.25) is 5.91 Å². The van der Waals surface area contributed by atoms with Crippen LogP contribution >= 0.6 is 0 Å². The summed E-state index contributed by atoms with van der Waals surface area (Å²) in [6.45, 7) is 3.27. The second kappa shape index (κ2) is 6.36. The Hall–Kier alpha value is -2.44. The predicted molar refractivity (Wildman–Crippen MR) is 85.9 cm³/mol. The van der Waals surface area contributed by atoms with Gasteiger partial charge in [-0.15, -0.1) is 0 Å². The molecule has 0 saturated carbocycles. The molecule has 1 aliphatic heterocycles. The average Bonchev–Trinajstić information content (AvgIpc) is 3.07. The fourth-order valence-electron chi connectivity index (χ4n) is 3.06. The number of aromatic amines is 1. The number of carbonyl (C=O) groups is 2. The molecular weight excluding hydrogens is 294 g/mol. The Labute approximate surface area is 134 Å². The van der Waals surface area contributed by atoms with E-state index in [0.717, 1.165) is 24.9 Å². The topological polar surface area (TPSA) is 82.2 Å². The van der Waals surface area contributed by atoms with E-state index in [-0.39, 0.29) is 17.9 Å². The van der Waals surface area contributed by atoms with E-state index in [2.05, 4.69) is 15.4 Å². The van der Waals surface area contributed by atoms with Crippen molar-refractivity contribution in [2.24, 2.45) is 0 Å². The predicted octanol–water partition coefficient (Wildman–Crippen LogP) is 1.43. The van der Waals surface area contributed by atoms with Crippen LogP contribution in [0.3, 0.4) is 0 Å². The molecule has 1 aromatic heterocycles. The van der Waals surface area contributed by atoms with Gasteiger partial charge in [0.15, 0.2) is 0 Å². The van der Waals surface area contributed by atoms with Crippen LogP contribution in [0.1, 0.15) is 36.5 Å². The third-order valence-corrected chi connectivity index (χ3v) is 4.48. The lowest BCUT2D eigenvalue weighted by molar-refractivity contribution is -0.132. The Morgan fingerprint density at radius 1 is 1.35 bits per heavy atom. The minimum absolute atomic E-state index is 0.0503. The molecule has 1 atom stereocenters. The SMILES string of the molecule is CCC(=O)N1CCCC(N(C)C(=O)c2ccc3n[nH]nc3c2)C1. The van der Waals surface area contributed by atoms with Crippen LogP contribution in [0.25, 0.3) is 11.0 Å². The molecule has 1 N–H and O–H groups in total. The number of likely N-dealkylation sites (N-methyl/N-ethyl adjacent to an activating group) is 1. The number of benzene rings is 1. The van der Waals surface area contributed by atoms with E-state index < -0.39 is 0 Å². The van der Waals surface area contributed by atoms with E-state index in [1.807, 2.05) is 11.8 Å². The summed E-state index contributed by atoms with van der Waals surface area (Å²) in [4.78, 5) is 28.2. The van der Waals surface area contributed by atoms with E-state index in [4.69, 9.17) is 0 Å². The quantitative estimate of drug-likeness (QED) is 0.929. The number of H-pyrrole nitrogens is 1. The van der Waals surface area contributed by atoms with Crippen molar-refractivity contribution in [3.8, 4) is 0 Å². The number of aromatic nitrogens is 3. The maximum absolute atomic E-state index is 12.7. The van der Waals surface area contributed by atoms with Crippen LogP contribution in [0, 0.1) is 0 Å². The zero-order chi connectivity index (χ0) is 16.4. The zero-order valence-electron chi connectivity index (χ0n) is 13.5. The molecule has 1 aromatic carbocycles. The van der Waals surface area contributed by atoms with Gasteiger partial charge in [0.25, 0.3) is 5.91 Å². The van der Waals surface area contributed by atoms with Gasteiger partial charge in [-0.05, 0) is 31.0 Å². The number of carbonyl (C=O) groups excluding carboxylic acids is 2. The summed E-state index contributed by atoms with van der Waals surface area (Å²) in [6.07, 6.45) is 2.35. The van der Waals surface area contributed by atoms with Gasteiger partial charge in [0.1, 0.15) is 11.0 Å². The standard InChI is InChI=1S/C16H21N5O2/c1-3-15(22)21-8-4-5-12(10-21)20(2)16(23)11-6-7-13-14(9-11)18-19-17-13/h6-7,9,12H,3-5,8,10H2,1-2H3,(H,17,18,19). The molecule has 1 fully saturated rings. The van der Waals surface area contributed by atoms with E-state index >= 15 is 0 Å². The molecule has 1 unspecified atom stereocenters. The van der Waals surface area contributed by atoms with Crippen molar-refractivity contribution in [2.75, 3.05) is 20.1 Å². The minimum Gasteiger partial charge on any atom is -0.341 e. The lowest BCUT2D eigenvalue weighted by Crippen LogP contribution is -2.50. The third kappa shape index (κ3) is 3.04. The van der Waals surface area contributed by atoms with Gasteiger partial charge in [-0.1, -0.05) is 6.92 Å². The number of hydrogen-bond donors (Lipinski definition) is 1. The Morgan fingerprint density at radius 3 is 2.91 bits per heavy atom. The first-order valence-electron chi connectivity index (χ1n) is 7.95. The maximum Gasteiger partial charge on any atom is 0.253 e. The van der Waals surface area contributed by atoms with Crippen molar-refractivity contribution in [3.05, 3.63) is 23.8 Å². The van der Waals surface area contributed by atoms with Crippen LogP contribution in [0.5, 0.6) is 0 Å². The maximum atomic E-state index is 12.7. The highest BCUT2D eigenvalue weighted by Crippen LogP contribution is 2.19. The molecule has 23 heavy (non-hydrogen) atoms. The summed E-state index contributed by atoms with van der Waals surface area (Å²) in [5.74, 6) is 0.102. The summed E-state index contributed by atoms with van der Waals surface area (Å²) < 4.78 is 0. The van der Waals surface area contributed by atoms with E-state index in [1.54, 1.807) is 30.1 Å². The number of rotatable bonds is 3. The lowest BCUT2D eigenvalue weighted by Gasteiger charge is -2.37. The van der Waals surface area contributed by atoms with Gasteiger partial charge in [-0.2, -0.15) is 15.4 Å². The van der Waals surface area contributed by atoms with E-state index in [1.165, 1.54) is 0 Å². The van der Waals surface area contributed by atoms with Crippen molar-refractivity contribution in [1.29, 1.82) is 0 Å². The molecule has 0 radical (unpaired) electrons. The molecule has 2 heterocycles. The second-order valence-corrected chi connectivity index (χ2v) is 5.93. The number of piperidine rings is 1. The van der Waals surface area contributed by atoms with Crippen LogP contribution in [-0.2, 0) is 4.79 Å². The van der Waals surface area contributed by atoms with Crippen molar-refractivity contribution in [3.63, 3.8) is 0 Å². The fraction of sp³-hybridized carbons (Fsp3) is 0.500. The highest BCUT2D eigenvalue weighted by atomic mass is 16.2. The molecule has 7 nitrogen and oxygen atoms in total. The molecule has 0 spiro atoms. The van der Waals surface area contributed by atoms with Crippen LogP contribution < -0.4 is 0 Å². The fourth-order valence-corrected chi connectivity index (χ4v) is 3.06. The number of nitrogens with one attached hydrogen (secondary N) is 1. The summed E-state index contributed by atoms with van der Waals surface area (Å²) in [7, 11) is 1.81. The molecule has 1 aliphatic rings. The number of hydrogen-bond acceptors (Lipinski definition) is 4. The number of likely N-dealkylation sites (tertiary alicyclic amines) is 1. The Bertz CT molecular complexity index is 726. The molecule has 3 rings (SSSR count). The Kier molecular flexibility index (Phi) is 4.27. The third-order valence-electron chi connectivity index (χ3n) is 4.48. The Morgan fingerprint density at radius 2 is 2.13 bits per heavy atom. The summed E-state index contributed by atoms with van der Waals surface area (Å²) in [6, 6.07) is 5.35. The highest BCUT2D eigenvalue weighted by molar-refractivity contribution is 5.97. The smallest absolute Gasteiger partial charge is 0.253 e. The van der Waals surface area contributed by atoms with Crippen molar-refractivity contribution in [2.45, 2.75) is 32.2 Å². The molecule has 7 heteroatoms. The highest BCUT2D eigenvalue weighted by Gasteiger charge is 2.28. The molecular formula is C16H21N5O2. The average molecular weight is 315 g/mol. The summed E-state index contributed by atoms with van der Waals surface area (Å²) >= 11 is 0. The first-order chi connectivity index (χ1) is 11.1. The normalized spacial score (nSPS) is 18.2. The van der Waals surface area contributed by atoms with Crippen molar-refractivity contribution >= 4 is 22.8 Å². The number of amides is 2. The molecule has 0 bridgehead atoms. The lowest BCUT2D eigenvalue weighted by atomic mass is 10.0.